The summed E-state index contributed by atoms with van der Waals surface area (Å²) in [5.74, 6) is 0.783. The van der Waals surface area contributed by atoms with E-state index in [2.05, 4.69) is 5.32 Å². The summed E-state index contributed by atoms with van der Waals surface area (Å²) in [6.07, 6.45) is 1.42. The van der Waals surface area contributed by atoms with Gasteiger partial charge in [0.1, 0.15) is 5.76 Å². The molecule has 0 spiro atoms. The maximum Gasteiger partial charge on any atom is 0.289 e. The molecule has 0 saturated heterocycles. The molecule has 7 nitrogen and oxygen atoms in total. The van der Waals surface area contributed by atoms with Gasteiger partial charge >= 0.3 is 0 Å². The Balaban J connectivity index is 1.65. The number of methoxy groups -OCH3 is 1. The fraction of sp³-hybridized carbons (Fsp3) is 0.263. The summed E-state index contributed by atoms with van der Waals surface area (Å²) >= 11 is 0. The van der Waals surface area contributed by atoms with Crippen LogP contribution in [-0.2, 0) is 4.79 Å². The van der Waals surface area contributed by atoms with Gasteiger partial charge in [-0.15, -0.1) is 0 Å². The molecule has 2 amide bonds. The van der Waals surface area contributed by atoms with Crippen LogP contribution in [0.15, 0.2) is 51.5 Å². The molecule has 1 N–H and O–H groups in total. The zero-order chi connectivity index (χ0) is 18.7. The fourth-order valence-corrected chi connectivity index (χ4v) is 2.66. The smallest absolute Gasteiger partial charge is 0.289 e. The second-order valence-electron chi connectivity index (χ2n) is 5.96. The quantitative estimate of drug-likeness (QED) is 0.734. The number of fused-ring (bicyclic) bond motifs is 1. The van der Waals surface area contributed by atoms with Gasteiger partial charge in [-0.05, 0) is 31.2 Å². The maximum atomic E-state index is 12.2. The molecule has 2 aromatic heterocycles. The second-order valence-corrected chi connectivity index (χ2v) is 5.96. The van der Waals surface area contributed by atoms with Crippen LogP contribution >= 0.6 is 0 Å². The highest BCUT2D eigenvalue weighted by Gasteiger charge is 2.20. The zero-order valence-electron chi connectivity index (χ0n) is 14.8. The van der Waals surface area contributed by atoms with Gasteiger partial charge in [-0.3, -0.25) is 9.59 Å². The number of furan rings is 2. The minimum absolute atomic E-state index is 0.0899. The first-order valence-electron chi connectivity index (χ1n) is 8.14. The Morgan fingerprint density at radius 2 is 2.08 bits per heavy atom. The van der Waals surface area contributed by atoms with E-state index in [1.165, 1.54) is 11.2 Å². The molecule has 0 aliphatic rings. The highest BCUT2D eigenvalue weighted by molar-refractivity contribution is 5.94. The summed E-state index contributed by atoms with van der Waals surface area (Å²) in [6.45, 7) is 1.73. The van der Waals surface area contributed by atoms with E-state index in [1.807, 2.05) is 31.2 Å². The number of rotatable bonds is 6. The molecule has 0 bridgehead atoms. The molecule has 26 heavy (non-hydrogen) atoms. The molecule has 1 atom stereocenters. The largest absolute Gasteiger partial charge is 0.493 e. The van der Waals surface area contributed by atoms with Crippen molar-refractivity contribution < 1.29 is 23.2 Å². The first-order chi connectivity index (χ1) is 12.5. The Morgan fingerprint density at radius 1 is 1.27 bits per heavy atom. The summed E-state index contributed by atoms with van der Waals surface area (Å²) in [7, 11) is 3.12. The average Bonchev–Trinajstić information content (AvgIpc) is 3.29. The average molecular weight is 356 g/mol. The molecule has 3 rings (SSSR count). The van der Waals surface area contributed by atoms with Crippen LogP contribution in [0.1, 0.15) is 29.3 Å². The van der Waals surface area contributed by atoms with Gasteiger partial charge in [0.05, 0.1) is 26.0 Å². The normalized spacial score (nSPS) is 12.0. The van der Waals surface area contributed by atoms with Crippen molar-refractivity contribution in [1.29, 1.82) is 0 Å². The molecule has 136 valence electrons. The van der Waals surface area contributed by atoms with Gasteiger partial charge in [0.15, 0.2) is 17.1 Å². The van der Waals surface area contributed by atoms with E-state index in [4.69, 9.17) is 13.6 Å². The molecule has 1 unspecified atom stereocenters. The molecule has 0 saturated carbocycles. The SMILES string of the molecule is COc1cccc2cc(C(C)NC(=O)CN(C)C(=O)c3ccco3)oc12. The number of likely N-dealkylation sites (N-methyl/N-ethyl adjacent to an activating group) is 1. The van der Waals surface area contributed by atoms with Gasteiger partial charge in [-0.1, -0.05) is 12.1 Å². The van der Waals surface area contributed by atoms with Crippen LogP contribution in [0.25, 0.3) is 11.0 Å². The molecule has 0 fully saturated rings. The van der Waals surface area contributed by atoms with E-state index in [1.54, 1.807) is 26.3 Å². The predicted molar refractivity (Wildman–Crippen MR) is 95.0 cm³/mol. The van der Waals surface area contributed by atoms with Crippen molar-refractivity contribution in [2.45, 2.75) is 13.0 Å². The highest BCUT2D eigenvalue weighted by atomic mass is 16.5. The van der Waals surface area contributed by atoms with Crippen molar-refractivity contribution in [3.8, 4) is 5.75 Å². The summed E-state index contributed by atoms with van der Waals surface area (Å²) in [6, 6.07) is 10.3. The van der Waals surface area contributed by atoms with Crippen molar-refractivity contribution in [3.05, 3.63) is 54.2 Å². The Kier molecular flexibility index (Phi) is 4.97. The summed E-state index contributed by atoms with van der Waals surface area (Å²) in [4.78, 5) is 25.6. The monoisotopic (exact) mass is 356 g/mol. The second kappa shape index (κ2) is 7.35. The number of carbonyl (C=O) groups is 2. The van der Waals surface area contributed by atoms with Gasteiger partial charge in [-0.2, -0.15) is 0 Å². The zero-order valence-corrected chi connectivity index (χ0v) is 14.8. The van der Waals surface area contributed by atoms with Gasteiger partial charge in [0.2, 0.25) is 5.91 Å². The molecule has 0 aliphatic heterocycles. The van der Waals surface area contributed by atoms with Crippen LogP contribution in [0, 0.1) is 0 Å². The lowest BCUT2D eigenvalue weighted by Gasteiger charge is -2.17. The van der Waals surface area contributed by atoms with Gasteiger partial charge < -0.3 is 23.8 Å². The topological polar surface area (TPSA) is 84.9 Å². The van der Waals surface area contributed by atoms with Crippen molar-refractivity contribution >= 4 is 22.8 Å². The van der Waals surface area contributed by atoms with Gasteiger partial charge in [-0.25, -0.2) is 0 Å². The number of benzene rings is 1. The maximum absolute atomic E-state index is 12.2. The standard InChI is InChI=1S/C19H20N2O5/c1-12(16-10-13-6-4-7-14(24-3)18(13)26-16)20-17(22)11-21(2)19(23)15-8-5-9-25-15/h4-10,12H,11H2,1-3H3,(H,20,22). The highest BCUT2D eigenvalue weighted by Crippen LogP contribution is 2.30. The molecule has 2 heterocycles. The van der Waals surface area contributed by atoms with Crippen LogP contribution in [0.2, 0.25) is 0 Å². The molecule has 3 aromatic rings. The van der Waals surface area contributed by atoms with Crippen molar-refractivity contribution in [2.75, 3.05) is 20.7 Å². The van der Waals surface area contributed by atoms with E-state index in [0.717, 1.165) is 5.39 Å². The molecule has 1 aromatic carbocycles. The number of ether oxygens (including phenoxy) is 1. The summed E-state index contributed by atoms with van der Waals surface area (Å²) < 4.78 is 16.2. The van der Waals surface area contributed by atoms with E-state index in [-0.39, 0.29) is 30.2 Å². The van der Waals surface area contributed by atoms with Crippen LogP contribution in [-0.4, -0.2) is 37.4 Å². The number of nitrogens with one attached hydrogen (secondary N) is 1. The Bertz CT molecular complexity index is 913. The van der Waals surface area contributed by atoms with Crippen LogP contribution in [0.5, 0.6) is 5.75 Å². The Labute approximate surface area is 150 Å². The van der Waals surface area contributed by atoms with Crippen LogP contribution in [0.3, 0.4) is 0 Å². The lowest BCUT2D eigenvalue weighted by molar-refractivity contribution is -0.122. The van der Waals surface area contributed by atoms with Crippen LogP contribution in [0.4, 0.5) is 0 Å². The Hall–Kier alpha value is -3.22. The van der Waals surface area contributed by atoms with Gasteiger partial charge in [0.25, 0.3) is 5.91 Å². The molecule has 0 aliphatic carbocycles. The van der Waals surface area contributed by atoms with E-state index >= 15 is 0 Å². The van der Waals surface area contributed by atoms with E-state index < -0.39 is 0 Å². The molecular formula is C19H20N2O5. The third kappa shape index (κ3) is 3.56. The minimum Gasteiger partial charge on any atom is -0.493 e. The Morgan fingerprint density at radius 3 is 2.77 bits per heavy atom. The number of para-hydroxylation sites is 1. The van der Waals surface area contributed by atoms with Crippen molar-refractivity contribution in [2.24, 2.45) is 0 Å². The summed E-state index contributed by atoms with van der Waals surface area (Å²) in [5.41, 5.74) is 0.635. The van der Waals surface area contributed by atoms with Crippen LogP contribution < -0.4 is 10.1 Å². The third-order valence-corrected chi connectivity index (χ3v) is 4.01. The molecule has 7 heteroatoms. The van der Waals surface area contributed by atoms with Crippen molar-refractivity contribution in [1.82, 2.24) is 10.2 Å². The van der Waals surface area contributed by atoms with Crippen molar-refractivity contribution in [3.63, 3.8) is 0 Å². The predicted octanol–water partition coefficient (Wildman–Crippen LogP) is 2.98. The molecular weight excluding hydrogens is 336 g/mol. The molecule has 0 radical (unpaired) electrons. The first-order valence-corrected chi connectivity index (χ1v) is 8.14. The lowest BCUT2D eigenvalue weighted by Crippen LogP contribution is -2.39. The summed E-state index contributed by atoms with van der Waals surface area (Å²) in [5, 5.41) is 3.72. The lowest BCUT2D eigenvalue weighted by atomic mass is 10.2. The third-order valence-electron chi connectivity index (χ3n) is 4.01. The van der Waals surface area contributed by atoms with E-state index in [9.17, 15) is 9.59 Å². The van der Waals surface area contributed by atoms with E-state index in [0.29, 0.717) is 17.1 Å². The number of nitrogens with zero attached hydrogens (tertiary/aromatic N) is 1. The number of amides is 2. The fourth-order valence-electron chi connectivity index (χ4n) is 2.66. The minimum atomic E-state index is -0.355. The first kappa shape index (κ1) is 17.6. The number of hydrogen-bond donors (Lipinski definition) is 1. The number of carbonyl (C=O) groups excluding carboxylic acids is 2. The van der Waals surface area contributed by atoms with Gasteiger partial charge in [0, 0.05) is 12.4 Å². The number of hydrogen-bond acceptors (Lipinski definition) is 5.